The van der Waals surface area contributed by atoms with Gasteiger partial charge >= 0.3 is 5.97 Å². The van der Waals surface area contributed by atoms with Crippen molar-refractivity contribution in [3.63, 3.8) is 0 Å². The second kappa shape index (κ2) is 5.97. The van der Waals surface area contributed by atoms with Gasteiger partial charge in [0.1, 0.15) is 5.82 Å². The topological polar surface area (TPSA) is 84.2 Å². The van der Waals surface area contributed by atoms with Gasteiger partial charge in [-0.3, -0.25) is 9.48 Å². The fourth-order valence-electron chi connectivity index (χ4n) is 2.05. The summed E-state index contributed by atoms with van der Waals surface area (Å²) in [6.07, 6.45) is 1.55. The molecule has 0 aliphatic carbocycles. The summed E-state index contributed by atoms with van der Waals surface area (Å²) < 4.78 is 15.3. The SMILES string of the molecule is CC(C)c1nn(C)cc1C(=O)Nc1cc(C(=O)O)ccc1F. The van der Waals surface area contributed by atoms with Crippen molar-refractivity contribution in [3.05, 3.63) is 47.0 Å². The second-order valence-corrected chi connectivity index (χ2v) is 5.21. The molecule has 116 valence electrons. The number of nitrogens with one attached hydrogen (secondary N) is 1. The zero-order valence-corrected chi connectivity index (χ0v) is 12.4. The van der Waals surface area contributed by atoms with Gasteiger partial charge in [-0.25, -0.2) is 9.18 Å². The van der Waals surface area contributed by atoms with E-state index < -0.39 is 17.7 Å². The summed E-state index contributed by atoms with van der Waals surface area (Å²) in [7, 11) is 1.69. The Hall–Kier alpha value is -2.70. The third kappa shape index (κ3) is 3.13. The Morgan fingerprint density at radius 2 is 2.05 bits per heavy atom. The molecule has 0 unspecified atom stereocenters. The van der Waals surface area contributed by atoms with Crippen molar-refractivity contribution in [2.75, 3.05) is 5.32 Å². The van der Waals surface area contributed by atoms with Crippen molar-refractivity contribution >= 4 is 17.6 Å². The van der Waals surface area contributed by atoms with E-state index in [2.05, 4.69) is 10.4 Å². The number of carboxylic acid groups (broad SMARTS) is 1. The highest BCUT2D eigenvalue weighted by Crippen LogP contribution is 2.21. The van der Waals surface area contributed by atoms with Crippen LogP contribution in [0.3, 0.4) is 0 Å². The van der Waals surface area contributed by atoms with Crippen LogP contribution in [0.4, 0.5) is 10.1 Å². The molecule has 0 aliphatic rings. The molecule has 0 bridgehead atoms. The number of carbonyl (C=O) groups excluding carboxylic acids is 1. The Balaban J connectivity index is 2.33. The number of hydrogen-bond donors (Lipinski definition) is 2. The Kier molecular flexibility index (Phi) is 4.25. The van der Waals surface area contributed by atoms with Crippen LogP contribution in [0.1, 0.15) is 46.2 Å². The Morgan fingerprint density at radius 3 is 2.64 bits per heavy atom. The van der Waals surface area contributed by atoms with Crippen LogP contribution in [0.5, 0.6) is 0 Å². The van der Waals surface area contributed by atoms with Crippen LogP contribution < -0.4 is 5.32 Å². The molecule has 0 saturated carbocycles. The van der Waals surface area contributed by atoms with E-state index in [1.165, 1.54) is 4.68 Å². The number of halogens is 1. The fourth-order valence-corrected chi connectivity index (χ4v) is 2.05. The van der Waals surface area contributed by atoms with Crippen LogP contribution in [0.2, 0.25) is 0 Å². The molecule has 7 heteroatoms. The van der Waals surface area contributed by atoms with Crippen LogP contribution in [0.15, 0.2) is 24.4 Å². The van der Waals surface area contributed by atoms with Gasteiger partial charge in [0.15, 0.2) is 0 Å². The molecule has 1 heterocycles. The number of benzene rings is 1. The maximum Gasteiger partial charge on any atom is 0.335 e. The molecule has 0 aliphatic heterocycles. The minimum absolute atomic E-state index is 0.0251. The zero-order chi connectivity index (χ0) is 16.4. The molecule has 1 aromatic heterocycles. The number of aromatic nitrogens is 2. The highest BCUT2D eigenvalue weighted by atomic mass is 19.1. The largest absolute Gasteiger partial charge is 0.478 e. The molecule has 2 rings (SSSR count). The van der Waals surface area contributed by atoms with Crippen molar-refractivity contribution in [1.29, 1.82) is 0 Å². The molecule has 0 saturated heterocycles. The average molecular weight is 305 g/mol. The molecular weight excluding hydrogens is 289 g/mol. The quantitative estimate of drug-likeness (QED) is 0.909. The molecule has 6 nitrogen and oxygen atoms in total. The number of anilines is 1. The third-order valence-corrected chi connectivity index (χ3v) is 3.11. The van der Waals surface area contributed by atoms with Crippen LogP contribution in [-0.2, 0) is 7.05 Å². The minimum atomic E-state index is -1.19. The fraction of sp³-hybridized carbons (Fsp3) is 0.267. The first-order valence-electron chi connectivity index (χ1n) is 6.67. The summed E-state index contributed by atoms with van der Waals surface area (Å²) in [5, 5.41) is 15.5. The van der Waals surface area contributed by atoms with E-state index in [4.69, 9.17) is 5.11 Å². The van der Waals surface area contributed by atoms with Gasteiger partial charge in [0.2, 0.25) is 0 Å². The first-order valence-corrected chi connectivity index (χ1v) is 6.67. The molecule has 0 spiro atoms. The smallest absolute Gasteiger partial charge is 0.335 e. The monoisotopic (exact) mass is 305 g/mol. The first kappa shape index (κ1) is 15.7. The first-order chi connectivity index (χ1) is 10.3. The van der Waals surface area contributed by atoms with Gasteiger partial charge in [-0.15, -0.1) is 0 Å². The number of carbonyl (C=O) groups is 2. The summed E-state index contributed by atoms with van der Waals surface area (Å²) in [4.78, 5) is 23.2. The molecule has 2 N–H and O–H groups in total. The van der Waals surface area contributed by atoms with E-state index >= 15 is 0 Å². The molecule has 0 atom stereocenters. The summed E-state index contributed by atoms with van der Waals surface area (Å²) in [6, 6.07) is 3.23. The van der Waals surface area contributed by atoms with Gasteiger partial charge in [-0.05, 0) is 24.1 Å². The molecule has 0 fully saturated rings. The lowest BCUT2D eigenvalue weighted by molar-refractivity contribution is 0.0696. The minimum Gasteiger partial charge on any atom is -0.478 e. The van der Waals surface area contributed by atoms with Crippen molar-refractivity contribution in [1.82, 2.24) is 9.78 Å². The van der Waals surface area contributed by atoms with Crippen molar-refractivity contribution < 1.29 is 19.1 Å². The molecule has 1 amide bonds. The van der Waals surface area contributed by atoms with Gasteiger partial charge < -0.3 is 10.4 Å². The number of carboxylic acids is 1. The Labute approximate surface area is 126 Å². The second-order valence-electron chi connectivity index (χ2n) is 5.21. The van der Waals surface area contributed by atoms with Crippen LogP contribution in [0, 0.1) is 5.82 Å². The van der Waals surface area contributed by atoms with Crippen LogP contribution in [0.25, 0.3) is 0 Å². The highest BCUT2D eigenvalue weighted by Gasteiger charge is 2.19. The normalized spacial score (nSPS) is 10.8. The number of aromatic carboxylic acids is 1. The van der Waals surface area contributed by atoms with Crippen molar-refractivity contribution in [2.45, 2.75) is 19.8 Å². The Bertz CT molecular complexity index is 738. The maximum atomic E-state index is 13.7. The number of amides is 1. The molecule has 2 aromatic rings. The average Bonchev–Trinajstić information content (AvgIpc) is 2.83. The van der Waals surface area contributed by atoms with E-state index in [1.54, 1.807) is 13.2 Å². The lowest BCUT2D eigenvalue weighted by Crippen LogP contribution is -2.15. The summed E-state index contributed by atoms with van der Waals surface area (Å²) in [5.74, 6) is -2.40. The molecule has 1 aromatic carbocycles. The maximum absolute atomic E-state index is 13.7. The summed E-state index contributed by atoms with van der Waals surface area (Å²) in [6.45, 7) is 3.79. The molecular formula is C15H16FN3O3. The summed E-state index contributed by atoms with van der Waals surface area (Å²) in [5.41, 5.74) is 0.642. The number of aryl methyl sites for hydroxylation is 1. The predicted molar refractivity (Wildman–Crippen MR) is 78.6 cm³/mol. The third-order valence-electron chi connectivity index (χ3n) is 3.11. The van der Waals surface area contributed by atoms with Crippen molar-refractivity contribution in [3.8, 4) is 0 Å². The van der Waals surface area contributed by atoms with E-state index in [-0.39, 0.29) is 17.2 Å². The van der Waals surface area contributed by atoms with Crippen molar-refractivity contribution in [2.24, 2.45) is 7.05 Å². The molecule has 22 heavy (non-hydrogen) atoms. The number of rotatable bonds is 4. The lowest BCUT2D eigenvalue weighted by atomic mass is 10.1. The zero-order valence-electron chi connectivity index (χ0n) is 12.4. The number of hydrogen-bond acceptors (Lipinski definition) is 3. The Morgan fingerprint density at radius 1 is 1.36 bits per heavy atom. The van der Waals surface area contributed by atoms with E-state index in [1.807, 2.05) is 13.8 Å². The van der Waals surface area contributed by atoms with Gasteiger partial charge in [0, 0.05) is 13.2 Å². The van der Waals surface area contributed by atoms with Gasteiger partial charge in [0.05, 0.1) is 22.5 Å². The lowest BCUT2D eigenvalue weighted by Gasteiger charge is -2.08. The van der Waals surface area contributed by atoms with Crippen LogP contribution >= 0.6 is 0 Å². The number of nitrogens with zero attached hydrogens (tertiary/aromatic N) is 2. The van der Waals surface area contributed by atoms with Gasteiger partial charge in [-0.2, -0.15) is 5.10 Å². The molecule has 0 radical (unpaired) electrons. The van der Waals surface area contributed by atoms with Gasteiger partial charge in [-0.1, -0.05) is 13.8 Å². The highest BCUT2D eigenvalue weighted by molar-refractivity contribution is 6.05. The predicted octanol–water partition coefficient (Wildman–Crippen LogP) is 2.63. The van der Waals surface area contributed by atoms with E-state index in [0.717, 1.165) is 18.2 Å². The standard InChI is InChI=1S/C15H16FN3O3/c1-8(2)13-10(7-19(3)18-13)14(20)17-12-6-9(15(21)22)4-5-11(12)16/h4-8H,1-3H3,(H,17,20)(H,21,22). The van der Waals surface area contributed by atoms with Gasteiger partial charge in [0.25, 0.3) is 5.91 Å². The van der Waals surface area contributed by atoms with Crippen LogP contribution in [-0.4, -0.2) is 26.8 Å². The van der Waals surface area contributed by atoms with E-state index in [0.29, 0.717) is 11.3 Å². The summed E-state index contributed by atoms with van der Waals surface area (Å²) >= 11 is 0. The van der Waals surface area contributed by atoms with E-state index in [9.17, 15) is 14.0 Å².